The van der Waals surface area contributed by atoms with Crippen molar-refractivity contribution in [1.29, 1.82) is 10.8 Å². The van der Waals surface area contributed by atoms with Gasteiger partial charge in [-0.2, -0.15) is 0 Å². The lowest BCUT2D eigenvalue weighted by atomic mass is 10.1. The summed E-state index contributed by atoms with van der Waals surface area (Å²) in [5.41, 5.74) is 6.90. The number of ether oxygens (including phenoxy) is 3. The Balaban J connectivity index is 0.000000189. The van der Waals surface area contributed by atoms with Crippen molar-refractivity contribution in [2.45, 2.75) is 39.0 Å². The zero-order chi connectivity index (χ0) is 44.3. The number of carbonyl (C=O) groups is 2. The highest BCUT2D eigenvalue weighted by molar-refractivity contribution is 5.89. The van der Waals surface area contributed by atoms with Gasteiger partial charge in [-0.25, -0.2) is 18.4 Å². The minimum atomic E-state index is -0.971. The predicted molar refractivity (Wildman–Crippen MR) is 234 cm³/mol. The molecule has 0 atom stereocenters. The van der Waals surface area contributed by atoms with E-state index in [-0.39, 0.29) is 23.2 Å². The lowest BCUT2D eigenvalue weighted by molar-refractivity contribution is 0.0599. The van der Waals surface area contributed by atoms with Crippen molar-refractivity contribution in [2.24, 2.45) is 0 Å². The number of nitrogens with zero attached hydrogens (tertiary/aromatic N) is 4. The number of methoxy groups -OCH3 is 1. The Hall–Kier alpha value is -7.74. The number of benzene rings is 6. The predicted octanol–water partition coefficient (Wildman–Crippen LogP) is 8.64. The van der Waals surface area contributed by atoms with E-state index in [1.165, 1.54) is 31.4 Å². The average Bonchev–Trinajstić information content (AvgIpc) is 3.72. The van der Waals surface area contributed by atoms with Crippen molar-refractivity contribution >= 4 is 34.0 Å². The first-order chi connectivity index (χ1) is 30.6. The first kappa shape index (κ1) is 43.4. The fourth-order valence-electron chi connectivity index (χ4n) is 7.33. The first-order valence-corrected chi connectivity index (χ1v) is 20.3. The Bertz CT molecular complexity index is 2970. The van der Waals surface area contributed by atoms with E-state index in [1.807, 2.05) is 85.0 Å². The lowest BCUT2D eigenvalue weighted by Gasteiger charge is -2.08. The molecule has 0 unspecified atom stereocenters. The molecule has 0 aliphatic carbocycles. The topological polar surface area (TPSA) is 149 Å². The molecule has 0 fully saturated rings. The van der Waals surface area contributed by atoms with E-state index in [0.29, 0.717) is 80.5 Å². The molecule has 6 aromatic carbocycles. The van der Waals surface area contributed by atoms with Gasteiger partial charge in [-0.1, -0.05) is 48.5 Å². The monoisotopic (exact) mass is 852 g/mol. The number of hydrogen-bond acceptors (Lipinski definition) is 7. The van der Waals surface area contributed by atoms with Crippen molar-refractivity contribution in [3.05, 3.63) is 191 Å². The van der Waals surface area contributed by atoms with Crippen molar-refractivity contribution in [3.63, 3.8) is 0 Å². The van der Waals surface area contributed by atoms with Crippen LogP contribution in [0.4, 0.5) is 8.78 Å². The van der Waals surface area contributed by atoms with Crippen LogP contribution in [0.5, 0.6) is 11.5 Å². The van der Waals surface area contributed by atoms with E-state index >= 15 is 0 Å². The first-order valence-electron chi connectivity index (χ1n) is 20.3. The number of aryl methyl sites for hydroxylation is 2. The minimum Gasteiger partial charge on any atom is -0.494 e. The van der Waals surface area contributed by atoms with Crippen LogP contribution in [0.2, 0.25) is 0 Å². The van der Waals surface area contributed by atoms with Gasteiger partial charge < -0.3 is 37.6 Å². The number of aromatic nitrogens is 4. The molecule has 12 nitrogen and oxygen atoms in total. The number of rotatable bonds is 16. The maximum Gasteiger partial charge on any atom is 0.337 e. The SMILES string of the molecule is COC(=O)c1cccc(Cn2c(=N)n(CCCOc3ccc(F)cc3)c3ccccc32)c1.N=c1n(CCCOc2ccc(F)cc2)c2ccccc2n1Cc1cccc(C(=O)O)c1. The van der Waals surface area contributed by atoms with Gasteiger partial charge in [-0.15, -0.1) is 0 Å². The summed E-state index contributed by atoms with van der Waals surface area (Å²) in [5.74, 6) is -0.721. The summed E-state index contributed by atoms with van der Waals surface area (Å²) in [6.45, 7) is 2.96. The molecule has 0 saturated carbocycles. The van der Waals surface area contributed by atoms with Gasteiger partial charge in [-0.3, -0.25) is 10.8 Å². The van der Waals surface area contributed by atoms with E-state index in [9.17, 15) is 23.5 Å². The Kier molecular flexibility index (Phi) is 13.9. The van der Waals surface area contributed by atoms with E-state index in [2.05, 4.69) is 0 Å². The molecular formula is C49H46F2N6O6. The van der Waals surface area contributed by atoms with E-state index in [4.69, 9.17) is 25.0 Å². The zero-order valence-corrected chi connectivity index (χ0v) is 34.5. The van der Waals surface area contributed by atoms with Crippen LogP contribution in [0.25, 0.3) is 22.1 Å². The second-order valence-corrected chi connectivity index (χ2v) is 14.6. The fraction of sp³-hybridized carbons (Fsp3) is 0.184. The summed E-state index contributed by atoms with van der Waals surface area (Å²) in [6, 6.07) is 41.6. The number of para-hydroxylation sites is 4. The van der Waals surface area contributed by atoms with Crippen LogP contribution in [-0.4, -0.2) is 55.6 Å². The van der Waals surface area contributed by atoms with Crippen LogP contribution < -0.4 is 20.7 Å². The summed E-state index contributed by atoms with van der Waals surface area (Å²) in [4.78, 5) is 23.1. The largest absolute Gasteiger partial charge is 0.494 e. The van der Waals surface area contributed by atoms with Crippen molar-refractivity contribution < 1.29 is 37.7 Å². The second-order valence-electron chi connectivity index (χ2n) is 14.6. The Morgan fingerprint density at radius 3 is 1.35 bits per heavy atom. The standard InChI is InChI=1S/C25H24FN3O3.C24H22FN3O3/c1-31-24(30)19-7-4-6-18(16-19)17-29-23-9-3-2-8-22(23)28(25(29)27)14-5-15-32-21-12-10-20(26)11-13-21;25-19-9-11-20(12-10-19)31-14-4-13-27-21-7-1-2-8-22(21)28(24(27)26)16-17-5-3-6-18(15-17)23(29)30/h2-4,6-13,16,27H,5,14-15,17H2,1H3;1-3,5-12,15,26H,4,13-14,16H2,(H,29,30). The molecule has 14 heteroatoms. The van der Waals surface area contributed by atoms with E-state index < -0.39 is 5.97 Å². The van der Waals surface area contributed by atoms with Gasteiger partial charge in [0.05, 0.1) is 66.6 Å². The molecule has 0 bridgehead atoms. The Morgan fingerprint density at radius 2 is 0.937 bits per heavy atom. The normalized spacial score (nSPS) is 11.0. The number of carbonyl (C=O) groups excluding carboxylic acids is 1. The van der Waals surface area contributed by atoms with Gasteiger partial charge in [0.15, 0.2) is 0 Å². The van der Waals surface area contributed by atoms with Gasteiger partial charge in [0.2, 0.25) is 11.2 Å². The quantitative estimate of drug-likeness (QED) is 0.0655. The minimum absolute atomic E-state index is 0.228. The summed E-state index contributed by atoms with van der Waals surface area (Å²) in [6.07, 6.45) is 1.37. The van der Waals surface area contributed by atoms with E-state index in [1.54, 1.807) is 54.6 Å². The van der Waals surface area contributed by atoms with Gasteiger partial charge in [-0.05, 0) is 121 Å². The molecule has 0 aliphatic rings. The third-order valence-electron chi connectivity index (χ3n) is 10.4. The number of imidazole rings is 2. The summed E-state index contributed by atoms with van der Waals surface area (Å²) >= 11 is 0. The molecule has 0 saturated heterocycles. The molecule has 63 heavy (non-hydrogen) atoms. The molecule has 0 amide bonds. The van der Waals surface area contributed by atoms with Crippen LogP contribution in [0.3, 0.4) is 0 Å². The zero-order valence-electron chi connectivity index (χ0n) is 34.5. The molecular weight excluding hydrogens is 807 g/mol. The number of aromatic carboxylic acids is 1. The molecule has 8 rings (SSSR count). The summed E-state index contributed by atoms with van der Waals surface area (Å²) in [5, 5.41) is 26.7. The van der Waals surface area contributed by atoms with Gasteiger partial charge in [0.1, 0.15) is 23.1 Å². The number of halogens is 2. The van der Waals surface area contributed by atoms with E-state index in [0.717, 1.165) is 33.2 Å². The lowest BCUT2D eigenvalue weighted by Crippen LogP contribution is -2.25. The number of fused-ring (bicyclic) bond motifs is 2. The van der Waals surface area contributed by atoms with Crippen LogP contribution in [0.1, 0.15) is 44.7 Å². The molecule has 2 aromatic heterocycles. The van der Waals surface area contributed by atoms with Gasteiger partial charge in [0.25, 0.3) is 0 Å². The van der Waals surface area contributed by atoms with Crippen molar-refractivity contribution in [2.75, 3.05) is 20.3 Å². The van der Waals surface area contributed by atoms with Crippen LogP contribution >= 0.6 is 0 Å². The fourth-order valence-corrected chi connectivity index (χ4v) is 7.33. The van der Waals surface area contributed by atoms with Crippen molar-refractivity contribution in [1.82, 2.24) is 18.3 Å². The molecule has 0 radical (unpaired) electrons. The molecule has 2 heterocycles. The molecule has 3 N–H and O–H groups in total. The summed E-state index contributed by atoms with van der Waals surface area (Å²) < 4.78 is 49.9. The van der Waals surface area contributed by atoms with Crippen molar-refractivity contribution in [3.8, 4) is 11.5 Å². The number of esters is 1. The van der Waals surface area contributed by atoms with Crippen LogP contribution in [0.15, 0.2) is 146 Å². The number of carboxylic acid groups (broad SMARTS) is 1. The highest BCUT2D eigenvalue weighted by atomic mass is 19.1. The third-order valence-corrected chi connectivity index (χ3v) is 10.4. The Morgan fingerprint density at radius 1 is 0.540 bits per heavy atom. The average molecular weight is 853 g/mol. The number of carboxylic acids is 1. The van der Waals surface area contributed by atoms with Crippen LogP contribution in [0, 0.1) is 22.5 Å². The smallest absolute Gasteiger partial charge is 0.337 e. The highest BCUT2D eigenvalue weighted by Crippen LogP contribution is 2.19. The van der Waals surface area contributed by atoms with Gasteiger partial charge in [0, 0.05) is 13.1 Å². The molecule has 0 aliphatic heterocycles. The number of hydrogen-bond donors (Lipinski definition) is 3. The molecule has 322 valence electrons. The highest BCUT2D eigenvalue weighted by Gasteiger charge is 2.14. The van der Waals surface area contributed by atoms with Crippen LogP contribution in [-0.2, 0) is 30.9 Å². The molecule has 0 spiro atoms. The third kappa shape index (κ3) is 10.6. The Labute approximate surface area is 361 Å². The molecule has 8 aromatic rings. The maximum atomic E-state index is 13.0. The summed E-state index contributed by atoms with van der Waals surface area (Å²) in [7, 11) is 1.36. The van der Waals surface area contributed by atoms with Gasteiger partial charge >= 0.3 is 11.9 Å². The second kappa shape index (κ2) is 20.2. The maximum absolute atomic E-state index is 13.0. The number of nitrogens with one attached hydrogen (secondary N) is 2.